The van der Waals surface area contributed by atoms with Gasteiger partial charge in [0.15, 0.2) is 0 Å². The number of fused-ring (bicyclic) bond motifs is 1. The van der Waals surface area contributed by atoms with E-state index in [1.165, 1.54) is 0 Å². The molecule has 0 radical (unpaired) electrons. The third-order valence-electron chi connectivity index (χ3n) is 4.42. The number of aromatic nitrogens is 3. The molecule has 4 rings (SSSR count). The standard InChI is InChI=1S/C18H18BrN5O/c19-14-9-13(10-20-11-14)18(25)24-7-5-23(6-8-24)12-17-21-15-3-1-2-4-16(15)22-17/h1-4,9-11H,5-8,12H2,(H,21,22). The Morgan fingerprint density at radius 2 is 1.96 bits per heavy atom. The highest BCUT2D eigenvalue weighted by molar-refractivity contribution is 9.10. The molecule has 0 saturated carbocycles. The van der Waals surface area contributed by atoms with Crippen molar-refractivity contribution in [1.82, 2.24) is 24.8 Å². The number of amides is 1. The van der Waals surface area contributed by atoms with Crippen LogP contribution in [0.1, 0.15) is 16.2 Å². The lowest BCUT2D eigenvalue weighted by atomic mass is 10.2. The third kappa shape index (κ3) is 3.57. The van der Waals surface area contributed by atoms with Gasteiger partial charge in [0.05, 0.1) is 23.1 Å². The Kier molecular flexibility index (Phi) is 4.50. The van der Waals surface area contributed by atoms with Gasteiger partial charge >= 0.3 is 0 Å². The van der Waals surface area contributed by atoms with Gasteiger partial charge in [-0.2, -0.15) is 0 Å². The molecular weight excluding hydrogens is 382 g/mol. The molecule has 6 nitrogen and oxygen atoms in total. The summed E-state index contributed by atoms with van der Waals surface area (Å²) in [7, 11) is 0. The normalized spacial score (nSPS) is 15.6. The van der Waals surface area contributed by atoms with Gasteiger partial charge in [0.1, 0.15) is 5.82 Å². The van der Waals surface area contributed by atoms with E-state index in [0.717, 1.165) is 41.0 Å². The van der Waals surface area contributed by atoms with Gasteiger partial charge in [0.2, 0.25) is 0 Å². The molecule has 3 heterocycles. The zero-order valence-corrected chi connectivity index (χ0v) is 15.2. The fourth-order valence-electron chi connectivity index (χ4n) is 3.11. The summed E-state index contributed by atoms with van der Waals surface area (Å²) in [6, 6.07) is 9.86. The molecule has 0 bridgehead atoms. The molecule has 3 aromatic rings. The number of carbonyl (C=O) groups excluding carboxylic acids is 1. The largest absolute Gasteiger partial charge is 0.341 e. The van der Waals surface area contributed by atoms with Gasteiger partial charge in [-0.25, -0.2) is 4.98 Å². The Hall–Kier alpha value is -2.25. The minimum Gasteiger partial charge on any atom is -0.341 e. The number of H-pyrrole nitrogens is 1. The summed E-state index contributed by atoms with van der Waals surface area (Å²) >= 11 is 3.36. The first-order chi connectivity index (χ1) is 12.2. The molecule has 1 fully saturated rings. The van der Waals surface area contributed by atoms with Crippen molar-refractivity contribution in [3.05, 3.63) is 58.6 Å². The average molecular weight is 400 g/mol. The predicted molar refractivity (Wildman–Crippen MR) is 99.2 cm³/mol. The third-order valence-corrected chi connectivity index (χ3v) is 4.86. The summed E-state index contributed by atoms with van der Waals surface area (Å²) in [5, 5.41) is 0. The Balaban J connectivity index is 1.37. The van der Waals surface area contributed by atoms with E-state index in [2.05, 4.69) is 35.8 Å². The maximum Gasteiger partial charge on any atom is 0.255 e. The number of nitrogens with one attached hydrogen (secondary N) is 1. The number of halogens is 1. The molecule has 1 N–H and O–H groups in total. The first-order valence-electron chi connectivity index (χ1n) is 8.25. The van der Waals surface area contributed by atoms with Crippen LogP contribution in [0.5, 0.6) is 0 Å². The van der Waals surface area contributed by atoms with Crippen LogP contribution in [0.15, 0.2) is 47.2 Å². The number of hydrogen-bond acceptors (Lipinski definition) is 4. The van der Waals surface area contributed by atoms with E-state index in [1.807, 2.05) is 35.2 Å². The van der Waals surface area contributed by atoms with Crippen molar-refractivity contribution < 1.29 is 4.79 Å². The molecule has 2 aromatic heterocycles. The minimum atomic E-state index is 0.0391. The van der Waals surface area contributed by atoms with Crippen molar-refractivity contribution in [2.24, 2.45) is 0 Å². The molecule has 25 heavy (non-hydrogen) atoms. The number of piperazine rings is 1. The fourth-order valence-corrected chi connectivity index (χ4v) is 3.48. The molecule has 0 unspecified atom stereocenters. The van der Waals surface area contributed by atoms with Crippen molar-refractivity contribution in [2.45, 2.75) is 6.54 Å². The Bertz CT molecular complexity index is 868. The van der Waals surface area contributed by atoms with E-state index in [-0.39, 0.29) is 5.91 Å². The molecule has 1 saturated heterocycles. The fraction of sp³-hybridized carbons (Fsp3) is 0.278. The summed E-state index contributed by atoms with van der Waals surface area (Å²) in [5.74, 6) is 1.01. The average Bonchev–Trinajstić information content (AvgIpc) is 3.04. The van der Waals surface area contributed by atoms with E-state index < -0.39 is 0 Å². The predicted octanol–water partition coefficient (Wildman–Crippen LogP) is 2.68. The second-order valence-corrected chi connectivity index (χ2v) is 7.08. The maximum atomic E-state index is 12.6. The van der Waals surface area contributed by atoms with Crippen molar-refractivity contribution in [3.63, 3.8) is 0 Å². The quantitative estimate of drug-likeness (QED) is 0.735. The van der Waals surface area contributed by atoms with Gasteiger partial charge < -0.3 is 9.88 Å². The second-order valence-electron chi connectivity index (χ2n) is 6.16. The van der Waals surface area contributed by atoms with Crippen LogP contribution in [-0.2, 0) is 6.54 Å². The van der Waals surface area contributed by atoms with Crippen LogP contribution in [-0.4, -0.2) is 56.8 Å². The topological polar surface area (TPSA) is 65.1 Å². The number of pyridine rings is 1. The van der Waals surface area contributed by atoms with E-state index in [9.17, 15) is 4.79 Å². The summed E-state index contributed by atoms with van der Waals surface area (Å²) in [6.07, 6.45) is 3.30. The summed E-state index contributed by atoms with van der Waals surface area (Å²) in [4.78, 5) is 28.8. The minimum absolute atomic E-state index is 0.0391. The molecule has 0 atom stereocenters. The lowest BCUT2D eigenvalue weighted by Crippen LogP contribution is -2.48. The van der Waals surface area contributed by atoms with Crippen LogP contribution in [0.3, 0.4) is 0 Å². The zero-order chi connectivity index (χ0) is 17.2. The van der Waals surface area contributed by atoms with Crippen molar-refractivity contribution in [3.8, 4) is 0 Å². The summed E-state index contributed by atoms with van der Waals surface area (Å²) < 4.78 is 0.821. The van der Waals surface area contributed by atoms with Gasteiger partial charge in [0, 0.05) is 43.0 Å². The van der Waals surface area contributed by atoms with E-state index in [0.29, 0.717) is 18.7 Å². The highest BCUT2D eigenvalue weighted by Crippen LogP contribution is 2.15. The van der Waals surface area contributed by atoms with Crippen LogP contribution >= 0.6 is 15.9 Å². The van der Waals surface area contributed by atoms with Crippen LogP contribution in [0.2, 0.25) is 0 Å². The lowest BCUT2D eigenvalue weighted by Gasteiger charge is -2.34. The number of nitrogens with zero attached hydrogens (tertiary/aromatic N) is 4. The smallest absolute Gasteiger partial charge is 0.255 e. The van der Waals surface area contributed by atoms with Crippen molar-refractivity contribution >= 4 is 32.9 Å². The monoisotopic (exact) mass is 399 g/mol. The number of benzene rings is 1. The zero-order valence-electron chi connectivity index (χ0n) is 13.7. The Morgan fingerprint density at radius 3 is 2.72 bits per heavy atom. The number of aromatic amines is 1. The molecule has 7 heteroatoms. The highest BCUT2D eigenvalue weighted by Gasteiger charge is 2.23. The molecular formula is C18H18BrN5O. The number of para-hydroxylation sites is 2. The summed E-state index contributed by atoms with van der Waals surface area (Å²) in [5.41, 5.74) is 2.68. The van der Waals surface area contributed by atoms with Gasteiger partial charge in [-0.1, -0.05) is 12.1 Å². The molecule has 1 aliphatic heterocycles. The van der Waals surface area contributed by atoms with E-state index >= 15 is 0 Å². The van der Waals surface area contributed by atoms with Crippen LogP contribution in [0, 0.1) is 0 Å². The van der Waals surface area contributed by atoms with Gasteiger partial charge in [-0.15, -0.1) is 0 Å². The lowest BCUT2D eigenvalue weighted by molar-refractivity contribution is 0.0625. The second kappa shape index (κ2) is 6.93. The van der Waals surface area contributed by atoms with Crippen molar-refractivity contribution in [1.29, 1.82) is 0 Å². The first-order valence-corrected chi connectivity index (χ1v) is 9.04. The van der Waals surface area contributed by atoms with E-state index in [4.69, 9.17) is 0 Å². The Morgan fingerprint density at radius 1 is 1.16 bits per heavy atom. The Labute approximate surface area is 154 Å². The molecule has 1 aliphatic rings. The van der Waals surface area contributed by atoms with Crippen LogP contribution in [0.25, 0.3) is 11.0 Å². The van der Waals surface area contributed by atoms with Crippen molar-refractivity contribution in [2.75, 3.05) is 26.2 Å². The highest BCUT2D eigenvalue weighted by atomic mass is 79.9. The molecule has 128 valence electrons. The molecule has 0 aliphatic carbocycles. The van der Waals surface area contributed by atoms with Crippen LogP contribution in [0.4, 0.5) is 0 Å². The number of carbonyl (C=O) groups is 1. The molecule has 1 amide bonds. The van der Waals surface area contributed by atoms with Gasteiger partial charge in [0.25, 0.3) is 5.91 Å². The SMILES string of the molecule is O=C(c1cncc(Br)c1)N1CCN(Cc2nc3ccccc3[nH]2)CC1. The van der Waals surface area contributed by atoms with Crippen LogP contribution < -0.4 is 0 Å². The molecule has 1 aromatic carbocycles. The number of imidazole rings is 1. The summed E-state index contributed by atoms with van der Waals surface area (Å²) in [6.45, 7) is 3.88. The maximum absolute atomic E-state index is 12.6. The van der Waals surface area contributed by atoms with Gasteiger partial charge in [-0.05, 0) is 34.1 Å². The van der Waals surface area contributed by atoms with Gasteiger partial charge in [-0.3, -0.25) is 14.7 Å². The molecule has 0 spiro atoms. The first kappa shape index (κ1) is 16.2. The van der Waals surface area contributed by atoms with E-state index in [1.54, 1.807) is 12.4 Å². The number of hydrogen-bond donors (Lipinski definition) is 1. The number of rotatable bonds is 3.